The maximum atomic E-state index is 13.0. The van der Waals surface area contributed by atoms with Crippen LogP contribution >= 0.6 is 27.7 Å². The molecule has 0 spiro atoms. The van der Waals surface area contributed by atoms with Crippen LogP contribution in [0.4, 0.5) is 0 Å². The lowest BCUT2D eigenvalue weighted by atomic mass is 10.2. The van der Waals surface area contributed by atoms with Gasteiger partial charge in [-0.1, -0.05) is 39.8 Å². The van der Waals surface area contributed by atoms with Crippen LogP contribution < -0.4 is 11.3 Å². The van der Waals surface area contributed by atoms with E-state index < -0.39 is 0 Å². The molecule has 4 rings (SSSR count). The Morgan fingerprint density at radius 2 is 1.97 bits per heavy atom. The predicted octanol–water partition coefficient (Wildman–Crippen LogP) is 3.90. The fourth-order valence-electron chi connectivity index (χ4n) is 3.27. The summed E-state index contributed by atoms with van der Waals surface area (Å²) in [6, 6.07) is 12.9. The van der Waals surface area contributed by atoms with E-state index in [9.17, 15) is 9.59 Å². The Balaban J connectivity index is 1.54. The van der Waals surface area contributed by atoms with Crippen molar-refractivity contribution in [3.8, 4) is 0 Å². The van der Waals surface area contributed by atoms with Gasteiger partial charge in [0, 0.05) is 23.9 Å². The molecule has 0 radical (unpaired) electrons. The Hall–Kier alpha value is -2.36. The van der Waals surface area contributed by atoms with Crippen LogP contribution in [0.3, 0.4) is 0 Å². The summed E-state index contributed by atoms with van der Waals surface area (Å²) in [5.41, 5.74) is 1.96. The van der Waals surface area contributed by atoms with E-state index in [0.29, 0.717) is 47.1 Å². The van der Waals surface area contributed by atoms with Gasteiger partial charge in [0.05, 0.1) is 29.6 Å². The zero-order valence-corrected chi connectivity index (χ0v) is 18.7. The lowest BCUT2D eigenvalue weighted by Gasteiger charge is -2.13. The molecule has 0 N–H and O–H groups in total. The first-order chi connectivity index (χ1) is 14.6. The molecule has 0 atom stereocenters. The zero-order valence-electron chi connectivity index (χ0n) is 16.3. The first-order valence-corrected chi connectivity index (χ1v) is 11.3. The Labute approximate surface area is 184 Å². The number of methoxy groups -OCH3 is 1. The van der Waals surface area contributed by atoms with E-state index in [1.54, 1.807) is 28.4 Å². The Morgan fingerprint density at radius 3 is 2.80 bits per heavy atom. The van der Waals surface area contributed by atoms with Crippen molar-refractivity contribution in [1.29, 1.82) is 0 Å². The molecule has 9 heteroatoms. The molecule has 156 valence electrons. The van der Waals surface area contributed by atoms with Crippen LogP contribution in [0.25, 0.3) is 22.0 Å². The monoisotopic (exact) mass is 489 g/mol. The Morgan fingerprint density at radius 1 is 1.13 bits per heavy atom. The molecule has 0 bridgehead atoms. The quantitative estimate of drug-likeness (QED) is 0.212. The largest absolute Gasteiger partial charge is 0.419 e. The van der Waals surface area contributed by atoms with Crippen LogP contribution in [0.5, 0.6) is 0 Å². The number of thioether (sulfide) groups is 1. The fourth-order valence-corrected chi connectivity index (χ4v) is 4.58. The van der Waals surface area contributed by atoms with Crippen LogP contribution in [0.1, 0.15) is 6.42 Å². The molecular weight excluding hydrogens is 470 g/mol. The highest BCUT2D eigenvalue weighted by Crippen LogP contribution is 2.21. The van der Waals surface area contributed by atoms with E-state index in [1.807, 2.05) is 30.3 Å². The van der Waals surface area contributed by atoms with E-state index in [0.717, 1.165) is 16.4 Å². The number of hydrogen-bond acceptors (Lipinski definition) is 6. The summed E-state index contributed by atoms with van der Waals surface area (Å²) in [7, 11) is 1.61. The van der Waals surface area contributed by atoms with Crippen molar-refractivity contribution in [2.75, 3.05) is 19.5 Å². The molecule has 2 heterocycles. The highest BCUT2D eigenvalue weighted by molar-refractivity contribution is 9.10. The van der Waals surface area contributed by atoms with Crippen molar-refractivity contribution >= 4 is 49.7 Å². The number of para-hydroxylation sites is 2. The first kappa shape index (κ1) is 20.9. The molecule has 0 saturated carbocycles. The number of halogens is 1. The highest BCUT2D eigenvalue weighted by Gasteiger charge is 2.13. The molecule has 0 aliphatic rings. The second kappa shape index (κ2) is 9.20. The standard InChI is InChI=1S/C21H20BrN3O4S/c1-28-11-10-25-19(26)15-13-14(22)7-8-16(15)23-20(25)30-12-4-9-24-17-5-2-3-6-18(17)29-21(24)27/h2-3,5-8,13H,4,9-12H2,1H3. The zero-order chi connectivity index (χ0) is 21.1. The molecular formula is C21H20BrN3O4S. The van der Waals surface area contributed by atoms with Crippen LogP contribution in [0.15, 0.2) is 66.1 Å². The van der Waals surface area contributed by atoms with Gasteiger partial charge in [-0.05, 0) is 36.8 Å². The first-order valence-electron chi connectivity index (χ1n) is 9.48. The molecule has 30 heavy (non-hydrogen) atoms. The SMILES string of the molecule is COCCn1c(SCCCn2c(=O)oc3ccccc32)nc2ccc(Br)cc2c1=O. The minimum Gasteiger partial charge on any atom is -0.408 e. The number of aryl methyl sites for hydroxylation is 1. The number of oxazole rings is 1. The van der Waals surface area contributed by atoms with Gasteiger partial charge in [0.25, 0.3) is 5.56 Å². The van der Waals surface area contributed by atoms with Gasteiger partial charge in [0.15, 0.2) is 10.7 Å². The van der Waals surface area contributed by atoms with Crippen molar-refractivity contribution < 1.29 is 9.15 Å². The Kier molecular flexibility index (Phi) is 6.40. The molecule has 0 saturated heterocycles. The molecule has 7 nitrogen and oxygen atoms in total. The Bertz CT molecular complexity index is 1310. The number of benzene rings is 2. The van der Waals surface area contributed by atoms with Crippen molar-refractivity contribution in [2.24, 2.45) is 0 Å². The number of nitrogens with zero attached hydrogens (tertiary/aromatic N) is 3. The van der Waals surface area contributed by atoms with E-state index in [1.165, 1.54) is 11.8 Å². The lowest BCUT2D eigenvalue weighted by molar-refractivity contribution is 0.183. The van der Waals surface area contributed by atoms with Gasteiger partial charge in [-0.15, -0.1) is 0 Å². The van der Waals surface area contributed by atoms with E-state index in [4.69, 9.17) is 14.1 Å². The predicted molar refractivity (Wildman–Crippen MR) is 121 cm³/mol. The summed E-state index contributed by atoms with van der Waals surface area (Å²) >= 11 is 4.92. The average Bonchev–Trinajstić information content (AvgIpc) is 3.06. The van der Waals surface area contributed by atoms with Crippen LogP contribution in [-0.2, 0) is 17.8 Å². The molecule has 0 fully saturated rings. The fraction of sp³-hybridized carbons (Fsp3) is 0.286. The second-order valence-corrected chi connectivity index (χ2v) is 8.67. The van der Waals surface area contributed by atoms with Gasteiger partial charge in [0.1, 0.15) is 0 Å². The van der Waals surface area contributed by atoms with Crippen molar-refractivity contribution in [1.82, 2.24) is 14.1 Å². The minimum atomic E-state index is -0.354. The third-order valence-corrected chi connectivity index (χ3v) is 6.29. The molecule has 0 aliphatic carbocycles. The van der Waals surface area contributed by atoms with Crippen LogP contribution in [0, 0.1) is 0 Å². The van der Waals surface area contributed by atoms with Gasteiger partial charge < -0.3 is 9.15 Å². The maximum Gasteiger partial charge on any atom is 0.419 e. The summed E-state index contributed by atoms with van der Waals surface area (Å²) in [6.07, 6.45) is 0.729. The number of rotatable bonds is 8. The molecule has 0 aliphatic heterocycles. The van der Waals surface area contributed by atoms with Crippen LogP contribution in [-0.4, -0.2) is 33.6 Å². The topological polar surface area (TPSA) is 79.3 Å². The highest BCUT2D eigenvalue weighted by atomic mass is 79.9. The smallest absolute Gasteiger partial charge is 0.408 e. The summed E-state index contributed by atoms with van der Waals surface area (Å²) in [5, 5.41) is 1.22. The van der Waals surface area contributed by atoms with Gasteiger partial charge >= 0.3 is 5.76 Å². The summed E-state index contributed by atoms with van der Waals surface area (Å²) < 4.78 is 14.6. The second-order valence-electron chi connectivity index (χ2n) is 6.69. The molecule has 0 amide bonds. The van der Waals surface area contributed by atoms with Crippen LogP contribution in [0.2, 0.25) is 0 Å². The normalized spacial score (nSPS) is 11.5. The van der Waals surface area contributed by atoms with Gasteiger partial charge in [-0.3, -0.25) is 13.9 Å². The van der Waals surface area contributed by atoms with E-state index in [-0.39, 0.29) is 11.3 Å². The number of fused-ring (bicyclic) bond motifs is 2. The van der Waals surface area contributed by atoms with Crippen molar-refractivity contribution in [3.05, 3.63) is 67.8 Å². The van der Waals surface area contributed by atoms with Gasteiger partial charge in [-0.25, -0.2) is 9.78 Å². The van der Waals surface area contributed by atoms with E-state index in [2.05, 4.69) is 15.9 Å². The summed E-state index contributed by atoms with van der Waals surface area (Å²) in [6.45, 7) is 1.38. The third kappa shape index (κ3) is 4.23. The van der Waals surface area contributed by atoms with E-state index >= 15 is 0 Å². The lowest BCUT2D eigenvalue weighted by Crippen LogP contribution is -2.25. The number of aromatic nitrogens is 3. The molecule has 0 unspecified atom stereocenters. The minimum absolute atomic E-state index is 0.0853. The molecule has 2 aromatic carbocycles. The van der Waals surface area contributed by atoms with Gasteiger partial charge in [0.2, 0.25) is 0 Å². The number of hydrogen-bond donors (Lipinski definition) is 0. The summed E-state index contributed by atoms with van der Waals surface area (Å²) in [5.74, 6) is 0.348. The van der Waals surface area contributed by atoms with Crippen molar-refractivity contribution in [2.45, 2.75) is 24.7 Å². The molecule has 4 aromatic rings. The van der Waals surface area contributed by atoms with Gasteiger partial charge in [-0.2, -0.15) is 0 Å². The average molecular weight is 490 g/mol. The number of ether oxygens (including phenoxy) is 1. The van der Waals surface area contributed by atoms with Crippen molar-refractivity contribution in [3.63, 3.8) is 0 Å². The summed E-state index contributed by atoms with van der Waals surface area (Å²) in [4.78, 5) is 29.8. The maximum absolute atomic E-state index is 13.0. The molecule has 2 aromatic heterocycles. The third-order valence-electron chi connectivity index (χ3n) is 4.73.